The standard InChI is InChI=1S/C6H12O2/c1-3-8-6-4-5-7-2/h4-5H,3,6H2,1-2H3. The molecule has 0 aromatic heterocycles. The van der Waals surface area contributed by atoms with Crippen LogP contribution >= 0.6 is 0 Å². The Labute approximate surface area is 50.1 Å². The predicted molar refractivity (Wildman–Crippen MR) is 32.6 cm³/mol. The molecule has 8 heavy (non-hydrogen) atoms. The van der Waals surface area contributed by atoms with Crippen LogP contribution in [0.1, 0.15) is 6.92 Å². The van der Waals surface area contributed by atoms with E-state index in [1.54, 1.807) is 13.4 Å². The Kier molecular flexibility index (Phi) is 6.09. The highest BCUT2D eigenvalue weighted by Crippen LogP contribution is 1.75. The number of hydrogen-bond donors (Lipinski definition) is 0. The zero-order valence-corrected chi connectivity index (χ0v) is 5.39. The number of rotatable bonds is 4. The fourth-order valence-corrected chi connectivity index (χ4v) is 0.321. The summed E-state index contributed by atoms with van der Waals surface area (Å²) in [5, 5.41) is 0. The first-order chi connectivity index (χ1) is 3.91. The molecule has 0 bridgehead atoms. The molecule has 0 saturated heterocycles. The highest BCUT2D eigenvalue weighted by Gasteiger charge is 1.72. The summed E-state index contributed by atoms with van der Waals surface area (Å²) in [5.41, 5.74) is 0. The van der Waals surface area contributed by atoms with Crippen LogP contribution < -0.4 is 0 Å². The molecule has 0 radical (unpaired) electrons. The Morgan fingerprint density at radius 2 is 2.25 bits per heavy atom. The van der Waals surface area contributed by atoms with Gasteiger partial charge in [0, 0.05) is 6.61 Å². The number of hydrogen-bond acceptors (Lipinski definition) is 2. The van der Waals surface area contributed by atoms with Gasteiger partial charge in [0.1, 0.15) is 0 Å². The van der Waals surface area contributed by atoms with Crippen molar-refractivity contribution in [1.82, 2.24) is 0 Å². The second-order valence-corrected chi connectivity index (χ2v) is 1.27. The Morgan fingerprint density at radius 3 is 2.75 bits per heavy atom. The van der Waals surface area contributed by atoms with Gasteiger partial charge in [0.25, 0.3) is 0 Å². The minimum atomic E-state index is 0.643. The van der Waals surface area contributed by atoms with Gasteiger partial charge < -0.3 is 9.47 Å². The third-order valence-electron chi connectivity index (χ3n) is 0.651. The molecule has 0 unspecified atom stereocenters. The molecule has 0 aliphatic heterocycles. The van der Waals surface area contributed by atoms with Crippen molar-refractivity contribution in [2.24, 2.45) is 0 Å². The summed E-state index contributed by atoms with van der Waals surface area (Å²) in [4.78, 5) is 0. The molecule has 0 fully saturated rings. The van der Waals surface area contributed by atoms with E-state index in [-0.39, 0.29) is 0 Å². The van der Waals surface area contributed by atoms with Crippen LogP contribution in [0.2, 0.25) is 0 Å². The summed E-state index contributed by atoms with van der Waals surface area (Å²) in [6, 6.07) is 0. The van der Waals surface area contributed by atoms with E-state index in [2.05, 4.69) is 4.74 Å². The number of methoxy groups -OCH3 is 1. The van der Waals surface area contributed by atoms with E-state index in [0.717, 1.165) is 6.61 Å². The zero-order chi connectivity index (χ0) is 6.24. The lowest BCUT2D eigenvalue weighted by Gasteiger charge is -1.91. The minimum Gasteiger partial charge on any atom is -0.505 e. The van der Waals surface area contributed by atoms with Crippen LogP contribution in [0.15, 0.2) is 12.3 Å². The zero-order valence-electron chi connectivity index (χ0n) is 5.39. The average Bonchev–Trinajstić information content (AvgIpc) is 1.81. The van der Waals surface area contributed by atoms with Gasteiger partial charge in [-0.05, 0) is 13.0 Å². The molecule has 0 amide bonds. The summed E-state index contributed by atoms with van der Waals surface area (Å²) < 4.78 is 9.60. The Morgan fingerprint density at radius 1 is 1.50 bits per heavy atom. The van der Waals surface area contributed by atoms with Crippen molar-refractivity contribution in [3.05, 3.63) is 12.3 Å². The Bertz CT molecular complexity index is 59.5. The summed E-state index contributed by atoms with van der Waals surface area (Å²) in [5.74, 6) is 0. The van der Waals surface area contributed by atoms with E-state index in [4.69, 9.17) is 4.74 Å². The van der Waals surface area contributed by atoms with Gasteiger partial charge in [-0.1, -0.05) is 0 Å². The molecule has 0 N–H and O–H groups in total. The lowest BCUT2D eigenvalue weighted by molar-refractivity contribution is 0.175. The Hall–Kier alpha value is -0.500. The smallest absolute Gasteiger partial charge is 0.0807 e. The van der Waals surface area contributed by atoms with Crippen LogP contribution in [-0.4, -0.2) is 20.3 Å². The van der Waals surface area contributed by atoms with Crippen LogP contribution in [0.4, 0.5) is 0 Å². The molecule has 0 aliphatic carbocycles. The molecule has 48 valence electrons. The van der Waals surface area contributed by atoms with Gasteiger partial charge in [0.2, 0.25) is 0 Å². The van der Waals surface area contributed by atoms with Crippen molar-refractivity contribution < 1.29 is 9.47 Å². The molecule has 2 heteroatoms. The van der Waals surface area contributed by atoms with Gasteiger partial charge in [0.15, 0.2) is 0 Å². The molecule has 0 aromatic carbocycles. The molecule has 0 rings (SSSR count). The maximum absolute atomic E-state index is 4.97. The summed E-state index contributed by atoms with van der Waals surface area (Å²) in [7, 11) is 1.61. The van der Waals surface area contributed by atoms with Crippen LogP contribution in [0.5, 0.6) is 0 Å². The molecule has 0 saturated carbocycles. The van der Waals surface area contributed by atoms with Crippen molar-refractivity contribution in [2.45, 2.75) is 6.92 Å². The topological polar surface area (TPSA) is 18.5 Å². The molecule has 0 aliphatic rings. The second kappa shape index (κ2) is 6.50. The maximum Gasteiger partial charge on any atom is 0.0807 e. The van der Waals surface area contributed by atoms with Gasteiger partial charge in [-0.15, -0.1) is 0 Å². The van der Waals surface area contributed by atoms with Crippen molar-refractivity contribution >= 4 is 0 Å². The normalized spacial score (nSPS) is 10.2. The van der Waals surface area contributed by atoms with Gasteiger partial charge >= 0.3 is 0 Å². The molecule has 2 nitrogen and oxygen atoms in total. The van der Waals surface area contributed by atoms with Crippen molar-refractivity contribution in [1.29, 1.82) is 0 Å². The van der Waals surface area contributed by atoms with Crippen molar-refractivity contribution in [3.63, 3.8) is 0 Å². The van der Waals surface area contributed by atoms with E-state index < -0.39 is 0 Å². The lowest BCUT2D eigenvalue weighted by Crippen LogP contribution is -1.87. The summed E-state index contributed by atoms with van der Waals surface area (Å²) >= 11 is 0. The fourth-order valence-electron chi connectivity index (χ4n) is 0.321. The Balaban J connectivity index is 2.80. The molecule has 0 spiro atoms. The van der Waals surface area contributed by atoms with Crippen LogP contribution in [0.25, 0.3) is 0 Å². The lowest BCUT2D eigenvalue weighted by atomic mass is 10.7. The predicted octanol–water partition coefficient (Wildman–Crippen LogP) is 1.18. The highest BCUT2D eigenvalue weighted by molar-refractivity contribution is 4.71. The molecular weight excluding hydrogens is 104 g/mol. The van der Waals surface area contributed by atoms with Gasteiger partial charge in [-0.2, -0.15) is 0 Å². The SMILES string of the molecule is CCOCC=COC. The molecule has 0 aromatic rings. The molecule has 0 heterocycles. The second-order valence-electron chi connectivity index (χ2n) is 1.27. The van der Waals surface area contributed by atoms with Gasteiger partial charge in [-0.25, -0.2) is 0 Å². The van der Waals surface area contributed by atoms with Crippen LogP contribution in [0, 0.1) is 0 Å². The summed E-state index contributed by atoms with van der Waals surface area (Å²) in [6.45, 7) is 3.36. The van der Waals surface area contributed by atoms with E-state index in [1.807, 2.05) is 13.0 Å². The third kappa shape index (κ3) is 5.50. The van der Waals surface area contributed by atoms with E-state index in [9.17, 15) is 0 Å². The van der Waals surface area contributed by atoms with Crippen molar-refractivity contribution in [3.8, 4) is 0 Å². The van der Waals surface area contributed by atoms with E-state index >= 15 is 0 Å². The first-order valence-corrected chi connectivity index (χ1v) is 2.67. The maximum atomic E-state index is 4.97. The largest absolute Gasteiger partial charge is 0.505 e. The van der Waals surface area contributed by atoms with E-state index in [0.29, 0.717) is 6.61 Å². The first kappa shape index (κ1) is 7.50. The van der Waals surface area contributed by atoms with Crippen molar-refractivity contribution in [2.75, 3.05) is 20.3 Å². The van der Waals surface area contributed by atoms with Gasteiger partial charge in [0.05, 0.1) is 20.0 Å². The quantitative estimate of drug-likeness (QED) is 0.405. The van der Waals surface area contributed by atoms with Crippen LogP contribution in [-0.2, 0) is 9.47 Å². The molecular formula is C6H12O2. The molecule has 0 atom stereocenters. The van der Waals surface area contributed by atoms with Crippen LogP contribution in [0.3, 0.4) is 0 Å². The van der Waals surface area contributed by atoms with Gasteiger partial charge in [-0.3, -0.25) is 0 Å². The fraction of sp³-hybridized carbons (Fsp3) is 0.667. The highest BCUT2D eigenvalue weighted by atomic mass is 16.5. The number of ether oxygens (including phenoxy) is 2. The monoisotopic (exact) mass is 116 g/mol. The first-order valence-electron chi connectivity index (χ1n) is 2.67. The van der Waals surface area contributed by atoms with E-state index in [1.165, 1.54) is 0 Å². The average molecular weight is 116 g/mol. The third-order valence-corrected chi connectivity index (χ3v) is 0.651. The summed E-state index contributed by atoms with van der Waals surface area (Å²) in [6.07, 6.45) is 3.43. The minimum absolute atomic E-state index is 0.643.